The highest BCUT2D eigenvalue weighted by Crippen LogP contribution is 2.15. The summed E-state index contributed by atoms with van der Waals surface area (Å²) in [6, 6.07) is 7.71. The molecule has 0 fully saturated rings. The van der Waals surface area contributed by atoms with Gasteiger partial charge in [-0.15, -0.1) is 11.3 Å². The second-order valence-electron chi connectivity index (χ2n) is 5.06. The van der Waals surface area contributed by atoms with Gasteiger partial charge in [-0.2, -0.15) is 0 Å². The van der Waals surface area contributed by atoms with Crippen LogP contribution in [-0.4, -0.2) is 20.3 Å². The molecule has 0 aliphatic heterocycles. The summed E-state index contributed by atoms with van der Waals surface area (Å²) in [6.07, 6.45) is 6.74. The zero-order chi connectivity index (χ0) is 15.4. The molecule has 3 aromatic heterocycles. The number of pyridine rings is 1. The van der Waals surface area contributed by atoms with E-state index in [1.54, 1.807) is 23.7 Å². The van der Waals surface area contributed by atoms with Crippen LogP contribution in [0.4, 0.5) is 0 Å². The lowest BCUT2D eigenvalue weighted by Gasteiger charge is -2.08. The maximum Gasteiger partial charge on any atom is 0.186 e. The monoisotopic (exact) mass is 311 g/mol. The van der Waals surface area contributed by atoms with Gasteiger partial charge in [0.1, 0.15) is 5.01 Å². The number of Topliss-reactive ketones (excluding diaryl/α,β-unsaturated/α-hetero) is 1. The maximum absolute atomic E-state index is 12.5. The van der Waals surface area contributed by atoms with Crippen LogP contribution in [0.2, 0.25) is 0 Å². The molecule has 0 saturated heterocycles. The Hall–Kier alpha value is -2.27. The molecule has 0 N–H and O–H groups in total. The molecule has 3 aromatic rings. The highest BCUT2D eigenvalue weighted by Gasteiger charge is 2.14. The fourth-order valence-corrected chi connectivity index (χ4v) is 3.19. The molecule has 0 aromatic carbocycles. The van der Waals surface area contributed by atoms with E-state index >= 15 is 0 Å². The molecular weight excluding hydrogens is 294 g/mol. The number of ketones is 1. The van der Waals surface area contributed by atoms with E-state index in [0.717, 1.165) is 28.4 Å². The number of thiazole rings is 1. The molecule has 0 atom stereocenters. The second-order valence-corrected chi connectivity index (χ2v) is 6.01. The molecule has 5 heteroatoms. The smallest absolute Gasteiger partial charge is 0.186 e. The molecule has 4 nitrogen and oxygen atoms in total. The van der Waals surface area contributed by atoms with E-state index in [9.17, 15) is 4.79 Å². The van der Waals surface area contributed by atoms with Crippen molar-refractivity contribution in [3.05, 3.63) is 70.2 Å². The Bertz CT molecular complexity index is 761. The van der Waals surface area contributed by atoms with Gasteiger partial charge in [-0.05, 0) is 36.2 Å². The van der Waals surface area contributed by atoms with E-state index in [1.807, 2.05) is 40.4 Å². The lowest BCUT2D eigenvalue weighted by Crippen LogP contribution is -2.11. The summed E-state index contributed by atoms with van der Waals surface area (Å²) in [4.78, 5) is 21.0. The van der Waals surface area contributed by atoms with Crippen molar-refractivity contribution in [1.29, 1.82) is 0 Å². The van der Waals surface area contributed by atoms with Crippen molar-refractivity contribution in [3.8, 4) is 0 Å². The van der Waals surface area contributed by atoms with E-state index in [-0.39, 0.29) is 5.78 Å². The number of aryl methyl sites for hydroxylation is 1. The number of nitrogens with zero attached hydrogens (tertiary/aromatic N) is 3. The third kappa shape index (κ3) is 3.31. The van der Waals surface area contributed by atoms with Gasteiger partial charge in [0.15, 0.2) is 5.78 Å². The van der Waals surface area contributed by atoms with Crippen LogP contribution in [-0.2, 0) is 19.4 Å². The summed E-state index contributed by atoms with van der Waals surface area (Å²) in [6.45, 7) is 2.75. The van der Waals surface area contributed by atoms with Gasteiger partial charge in [0, 0.05) is 30.5 Å². The van der Waals surface area contributed by atoms with E-state index in [1.165, 1.54) is 0 Å². The van der Waals surface area contributed by atoms with Crippen LogP contribution in [0.3, 0.4) is 0 Å². The molecule has 0 aliphatic carbocycles. The summed E-state index contributed by atoms with van der Waals surface area (Å²) >= 11 is 1.56. The van der Waals surface area contributed by atoms with Crippen LogP contribution in [0.15, 0.2) is 48.2 Å². The molecule has 0 radical (unpaired) electrons. The highest BCUT2D eigenvalue weighted by molar-refractivity contribution is 7.09. The third-order valence-corrected chi connectivity index (χ3v) is 4.39. The van der Waals surface area contributed by atoms with Crippen molar-refractivity contribution in [3.63, 3.8) is 0 Å². The molecule has 3 heterocycles. The third-order valence-electron chi connectivity index (χ3n) is 3.49. The van der Waals surface area contributed by atoms with Crippen LogP contribution < -0.4 is 0 Å². The van der Waals surface area contributed by atoms with Crippen molar-refractivity contribution in [2.24, 2.45) is 0 Å². The number of carbonyl (C=O) groups excluding carboxylic acids is 1. The van der Waals surface area contributed by atoms with Crippen molar-refractivity contribution in [2.75, 3.05) is 0 Å². The molecule has 0 unspecified atom stereocenters. The first-order chi connectivity index (χ1) is 10.8. The minimum absolute atomic E-state index is 0.107. The van der Waals surface area contributed by atoms with Gasteiger partial charge < -0.3 is 4.57 Å². The molecule has 3 rings (SSSR count). The van der Waals surface area contributed by atoms with Gasteiger partial charge in [-0.3, -0.25) is 9.78 Å². The average Bonchev–Trinajstić information content (AvgIpc) is 3.17. The lowest BCUT2D eigenvalue weighted by molar-refractivity contribution is 0.0984. The predicted octanol–water partition coefficient (Wildman–Crippen LogP) is 3.38. The molecule has 112 valence electrons. The first-order valence-corrected chi connectivity index (χ1v) is 8.14. The zero-order valence-corrected chi connectivity index (χ0v) is 13.2. The molecule has 0 saturated carbocycles. The lowest BCUT2D eigenvalue weighted by atomic mass is 10.2. The number of aromatic nitrogens is 3. The van der Waals surface area contributed by atoms with Crippen LogP contribution in [0.25, 0.3) is 0 Å². The summed E-state index contributed by atoms with van der Waals surface area (Å²) in [7, 11) is 0. The topological polar surface area (TPSA) is 47.8 Å². The van der Waals surface area contributed by atoms with Crippen LogP contribution in [0, 0.1) is 0 Å². The van der Waals surface area contributed by atoms with E-state index in [0.29, 0.717) is 13.0 Å². The summed E-state index contributed by atoms with van der Waals surface area (Å²) in [5.41, 5.74) is 2.91. The largest absolute Gasteiger partial charge is 0.341 e. The first-order valence-electron chi connectivity index (χ1n) is 7.26. The van der Waals surface area contributed by atoms with Gasteiger partial charge >= 0.3 is 0 Å². The number of hydrogen-bond donors (Lipinski definition) is 0. The van der Waals surface area contributed by atoms with Gasteiger partial charge in [0.2, 0.25) is 0 Å². The van der Waals surface area contributed by atoms with Crippen LogP contribution in [0.5, 0.6) is 0 Å². The molecule has 0 spiro atoms. The SMILES string of the molecule is CCc1csc(CC(=O)c2cccn2Cc2ccncc2)n1. The zero-order valence-electron chi connectivity index (χ0n) is 12.4. The van der Waals surface area contributed by atoms with Crippen LogP contribution >= 0.6 is 11.3 Å². The molecule has 0 amide bonds. The fraction of sp³-hybridized carbons (Fsp3) is 0.235. The van der Waals surface area contributed by atoms with Crippen molar-refractivity contribution in [2.45, 2.75) is 26.3 Å². The predicted molar refractivity (Wildman–Crippen MR) is 87.3 cm³/mol. The number of carbonyl (C=O) groups is 1. The minimum atomic E-state index is 0.107. The Kier molecular flexibility index (Phi) is 4.44. The maximum atomic E-state index is 12.5. The average molecular weight is 311 g/mol. The summed E-state index contributed by atoms with van der Waals surface area (Å²) < 4.78 is 1.98. The quantitative estimate of drug-likeness (QED) is 0.656. The fourth-order valence-electron chi connectivity index (χ4n) is 2.31. The summed E-state index contributed by atoms with van der Waals surface area (Å²) in [5.74, 6) is 0.107. The molecule has 0 bridgehead atoms. The van der Waals surface area contributed by atoms with Crippen molar-refractivity contribution in [1.82, 2.24) is 14.5 Å². The van der Waals surface area contributed by atoms with E-state index < -0.39 is 0 Å². The number of rotatable bonds is 6. The van der Waals surface area contributed by atoms with E-state index in [4.69, 9.17) is 0 Å². The van der Waals surface area contributed by atoms with E-state index in [2.05, 4.69) is 16.9 Å². The standard InChI is InChI=1S/C17H17N3OS/c1-2-14-12-22-17(19-14)10-16(21)15-4-3-9-20(15)11-13-5-7-18-8-6-13/h3-9,12H,2,10-11H2,1H3. The Labute approximate surface area is 133 Å². The van der Waals surface area contributed by atoms with Gasteiger partial charge in [-0.1, -0.05) is 6.92 Å². The summed E-state index contributed by atoms with van der Waals surface area (Å²) in [5, 5.41) is 2.91. The van der Waals surface area contributed by atoms with Crippen LogP contribution in [0.1, 0.15) is 33.7 Å². The second kappa shape index (κ2) is 6.66. The minimum Gasteiger partial charge on any atom is -0.341 e. The molecule has 0 aliphatic rings. The Morgan fingerprint density at radius 1 is 1.27 bits per heavy atom. The van der Waals surface area contributed by atoms with Gasteiger partial charge in [-0.25, -0.2) is 4.98 Å². The molecule has 22 heavy (non-hydrogen) atoms. The van der Waals surface area contributed by atoms with Crippen molar-refractivity contribution >= 4 is 17.1 Å². The normalized spacial score (nSPS) is 10.8. The Balaban J connectivity index is 1.74. The van der Waals surface area contributed by atoms with Gasteiger partial charge in [0.25, 0.3) is 0 Å². The van der Waals surface area contributed by atoms with Crippen molar-refractivity contribution < 1.29 is 4.79 Å². The molecular formula is C17H17N3OS. The number of hydrogen-bond acceptors (Lipinski definition) is 4. The first kappa shape index (κ1) is 14.7. The Morgan fingerprint density at radius 2 is 2.09 bits per heavy atom. The highest BCUT2D eigenvalue weighted by atomic mass is 32.1. The Morgan fingerprint density at radius 3 is 2.82 bits per heavy atom. The van der Waals surface area contributed by atoms with Gasteiger partial charge in [0.05, 0.1) is 17.8 Å².